The molecule has 0 spiro atoms. The van der Waals surface area contributed by atoms with Gasteiger partial charge in [0.2, 0.25) is 0 Å². The molecule has 2 aromatic rings. The first-order valence-corrected chi connectivity index (χ1v) is 6.20. The number of nitrogens with zero attached hydrogens (tertiary/aromatic N) is 1. The van der Waals surface area contributed by atoms with Crippen LogP contribution in [0.4, 0.5) is 18.9 Å². The third-order valence-corrected chi connectivity index (χ3v) is 3.09. The number of alkyl halides is 3. The average molecular weight is 284 g/mol. The lowest BCUT2D eigenvalue weighted by molar-refractivity contribution is -0.153. The van der Waals surface area contributed by atoms with Crippen LogP contribution in [0.2, 0.25) is 0 Å². The maximum Gasteiger partial charge on any atom is 0.422 e. The van der Waals surface area contributed by atoms with Crippen LogP contribution in [-0.2, 0) is 6.42 Å². The van der Waals surface area contributed by atoms with E-state index < -0.39 is 12.8 Å². The number of fused-ring (bicyclic) bond motifs is 1. The van der Waals surface area contributed by atoms with E-state index in [0.29, 0.717) is 16.6 Å². The van der Waals surface area contributed by atoms with Crippen molar-refractivity contribution in [1.29, 1.82) is 0 Å². The number of aryl methyl sites for hydroxylation is 1. The van der Waals surface area contributed by atoms with Gasteiger partial charge in [-0.2, -0.15) is 13.2 Å². The van der Waals surface area contributed by atoms with Crippen molar-refractivity contribution in [2.45, 2.75) is 26.4 Å². The van der Waals surface area contributed by atoms with Crippen LogP contribution < -0.4 is 10.5 Å². The number of pyridine rings is 1. The number of nitrogens with two attached hydrogens (primary N) is 1. The van der Waals surface area contributed by atoms with Gasteiger partial charge in [-0.3, -0.25) is 4.98 Å². The van der Waals surface area contributed by atoms with Gasteiger partial charge in [-0.15, -0.1) is 0 Å². The van der Waals surface area contributed by atoms with Gasteiger partial charge in [-0.05, 0) is 37.1 Å². The van der Waals surface area contributed by atoms with E-state index in [0.717, 1.165) is 17.7 Å². The Balaban J connectivity index is 2.41. The van der Waals surface area contributed by atoms with Crippen molar-refractivity contribution < 1.29 is 17.9 Å². The first-order chi connectivity index (χ1) is 9.31. The molecule has 0 amide bonds. The number of halogens is 3. The molecule has 6 heteroatoms. The highest BCUT2D eigenvalue weighted by Gasteiger charge is 2.28. The van der Waals surface area contributed by atoms with Crippen LogP contribution in [0.15, 0.2) is 18.2 Å². The van der Waals surface area contributed by atoms with Crippen molar-refractivity contribution >= 4 is 16.6 Å². The summed E-state index contributed by atoms with van der Waals surface area (Å²) >= 11 is 0. The number of anilines is 1. The normalized spacial score (nSPS) is 11.8. The van der Waals surface area contributed by atoms with E-state index in [1.165, 1.54) is 12.1 Å². The Labute approximate surface area is 114 Å². The monoisotopic (exact) mass is 284 g/mol. The molecule has 0 radical (unpaired) electrons. The summed E-state index contributed by atoms with van der Waals surface area (Å²) in [6, 6.07) is 4.58. The molecule has 0 fully saturated rings. The van der Waals surface area contributed by atoms with Crippen LogP contribution in [0.5, 0.6) is 5.75 Å². The van der Waals surface area contributed by atoms with Crippen molar-refractivity contribution in [2.24, 2.45) is 0 Å². The van der Waals surface area contributed by atoms with E-state index in [1.807, 2.05) is 13.8 Å². The number of ether oxygens (including phenoxy) is 1. The molecular weight excluding hydrogens is 269 g/mol. The lowest BCUT2D eigenvalue weighted by Crippen LogP contribution is -2.19. The second-order valence-corrected chi connectivity index (χ2v) is 4.53. The summed E-state index contributed by atoms with van der Waals surface area (Å²) in [6.45, 7) is 2.50. The number of nitrogen functional groups attached to an aromatic ring is 1. The highest BCUT2D eigenvalue weighted by atomic mass is 19.4. The molecule has 2 N–H and O–H groups in total. The fourth-order valence-corrected chi connectivity index (χ4v) is 2.01. The second kappa shape index (κ2) is 5.19. The van der Waals surface area contributed by atoms with Gasteiger partial charge in [0.25, 0.3) is 0 Å². The summed E-state index contributed by atoms with van der Waals surface area (Å²) in [5.74, 6) is 0.131. The molecule has 0 saturated heterocycles. The van der Waals surface area contributed by atoms with E-state index in [2.05, 4.69) is 4.98 Å². The Morgan fingerprint density at radius 1 is 1.30 bits per heavy atom. The molecule has 20 heavy (non-hydrogen) atoms. The van der Waals surface area contributed by atoms with Gasteiger partial charge in [0.05, 0.1) is 5.52 Å². The van der Waals surface area contributed by atoms with Crippen LogP contribution in [0, 0.1) is 6.92 Å². The molecule has 0 unspecified atom stereocenters. The lowest BCUT2D eigenvalue weighted by Gasteiger charge is -2.13. The van der Waals surface area contributed by atoms with E-state index in [-0.39, 0.29) is 5.75 Å². The van der Waals surface area contributed by atoms with Crippen LogP contribution >= 0.6 is 0 Å². The minimum absolute atomic E-state index is 0.131. The molecule has 0 aliphatic heterocycles. The van der Waals surface area contributed by atoms with E-state index in [9.17, 15) is 13.2 Å². The summed E-state index contributed by atoms with van der Waals surface area (Å²) in [5.41, 5.74) is 8.96. The van der Waals surface area contributed by atoms with Gasteiger partial charge in [0.1, 0.15) is 5.75 Å². The predicted octanol–water partition coefficient (Wildman–Crippen LogP) is 3.63. The Kier molecular flexibility index (Phi) is 3.74. The van der Waals surface area contributed by atoms with E-state index >= 15 is 0 Å². The number of rotatable bonds is 3. The predicted molar refractivity (Wildman–Crippen MR) is 71.8 cm³/mol. The van der Waals surface area contributed by atoms with Crippen molar-refractivity contribution in [2.75, 3.05) is 12.3 Å². The Bertz CT molecular complexity index is 638. The summed E-state index contributed by atoms with van der Waals surface area (Å²) in [4.78, 5) is 4.45. The molecular formula is C14H15F3N2O. The third kappa shape index (κ3) is 2.95. The average Bonchev–Trinajstić information content (AvgIpc) is 2.40. The van der Waals surface area contributed by atoms with Gasteiger partial charge in [0, 0.05) is 16.8 Å². The Hall–Kier alpha value is -1.98. The Morgan fingerprint density at radius 2 is 2.00 bits per heavy atom. The molecule has 1 heterocycles. The number of hydrogen-bond acceptors (Lipinski definition) is 3. The smallest absolute Gasteiger partial charge is 0.422 e. The van der Waals surface area contributed by atoms with Crippen LogP contribution in [0.3, 0.4) is 0 Å². The Morgan fingerprint density at radius 3 is 2.60 bits per heavy atom. The minimum Gasteiger partial charge on any atom is -0.484 e. The summed E-state index contributed by atoms with van der Waals surface area (Å²) < 4.78 is 41.1. The second-order valence-electron chi connectivity index (χ2n) is 4.53. The molecule has 0 aliphatic carbocycles. The minimum atomic E-state index is -4.36. The zero-order chi connectivity index (χ0) is 14.9. The topological polar surface area (TPSA) is 48.1 Å². The van der Waals surface area contributed by atoms with Crippen LogP contribution in [0.25, 0.3) is 10.9 Å². The molecule has 0 bridgehead atoms. The molecule has 0 saturated carbocycles. The third-order valence-electron chi connectivity index (χ3n) is 3.09. The number of benzene rings is 1. The zero-order valence-electron chi connectivity index (χ0n) is 11.2. The van der Waals surface area contributed by atoms with E-state index in [1.54, 1.807) is 6.07 Å². The molecule has 1 aromatic heterocycles. The maximum atomic E-state index is 12.1. The molecule has 2 rings (SSSR count). The first-order valence-electron chi connectivity index (χ1n) is 6.20. The number of hydrogen-bond donors (Lipinski definition) is 1. The highest BCUT2D eigenvalue weighted by molar-refractivity contribution is 5.93. The quantitative estimate of drug-likeness (QED) is 0.936. The summed E-state index contributed by atoms with van der Waals surface area (Å²) in [5, 5.41) is 0.611. The van der Waals surface area contributed by atoms with Crippen LogP contribution in [0.1, 0.15) is 18.2 Å². The van der Waals surface area contributed by atoms with Gasteiger partial charge in [0.15, 0.2) is 6.61 Å². The standard InChI is InChI=1S/C14H15F3N2O/c1-3-11-8(2)13(18)10-6-9(4-5-12(10)19-11)20-7-14(15,16)17/h4-6H,3,7H2,1-2H3,(H2,18,19). The first kappa shape index (κ1) is 14.4. The summed E-state index contributed by atoms with van der Waals surface area (Å²) in [7, 11) is 0. The van der Waals surface area contributed by atoms with Gasteiger partial charge < -0.3 is 10.5 Å². The van der Waals surface area contributed by atoms with Crippen molar-refractivity contribution in [3.05, 3.63) is 29.5 Å². The SMILES string of the molecule is CCc1nc2ccc(OCC(F)(F)F)cc2c(N)c1C. The van der Waals surface area contributed by atoms with Crippen molar-refractivity contribution in [3.63, 3.8) is 0 Å². The van der Waals surface area contributed by atoms with Gasteiger partial charge in [-0.1, -0.05) is 6.92 Å². The molecule has 0 aliphatic rings. The summed E-state index contributed by atoms with van der Waals surface area (Å²) in [6.07, 6.45) is -3.61. The molecule has 108 valence electrons. The number of aromatic nitrogens is 1. The molecule has 3 nitrogen and oxygen atoms in total. The molecule has 1 aromatic carbocycles. The van der Waals surface area contributed by atoms with Crippen LogP contribution in [-0.4, -0.2) is 17.8 Å². The molecule has 0 atom stereocenters. The van der Waals surface area contributed by atoms with Gasteiger partial charge >= 0.3 is 6.18 Å². The van der Waals surface area contributed by atoms with E-state index in [4.69, 9.17) is 10.5 Å². The fourth-order valence-electron chi connectivity index (χ4n) is 2.01. The maximum absolute atomic E-state index is 12.1. The highest BCUT2D eigenvalue weighted by Crippen LogP contribution is 2.29. The largest absolute Gasteiger partial charge is 0.484 e. The van der Waals surface area contributed by atoms with Gasteiger partial charge in [-0.25, -0.2) is 0 Å². The van der Waals surface area contributed by atoms with Crippen molar-refractivity contribution in [1.82, 2.24) is 4.98 Å². The van der Waals surface area contributed by atoms with Crippen molar-refractivity contribution in [3.8, 4) is 5.75 Å². The lowest BCUT2D eigenvalue weighted by atomic mass is 10.1. The zero-order valence-corrected chi connectivity index (χ0v) is 11.2. The fraction of sp³-hybridized carbons (Fsp3) is 0.357.